The molecule has 0 spiro atoms. The van der Waals surface area contributed by atoms with Crippen LogP contribution in [0.25, 0.3) is 11.3 Å². The molecular formula is C16H10F3N3O. The number of nitrogens with zero attached hydrogens (tertiary/aromatic N) is 3. The van der Waals surface area contributed by atoms with E-state index in [0.29, 0.717) is 11.8 Å². The van der Waals surface area contributed by atoms with E-state index in [1.165, 1.54) is 22.9 Å². The molecule has 0 saturated carbocycles. The average Bonchev–Trinajstić information content (AvgIpc) is 2.93. The molecule has 3 aromatic rings. The van der Waals surface area contributed by atoms with Crippen LogP contribution in [0.4, 0.5) is 13.2 Å². The Morgan fingerprint density at radius 2 is 1.87 bits per heavy atom. The second-order valence-corrected chi connectivity index (χ2v) is 4.86. The third-order valence-electron chi connectivity index (χ3n) is 3.29. The van der Waals surface area contributed by atoms with Gasteiger partial charge in [0, 0.05) is 5.56 Å². The molecule has 0 aliphatic rings. The molecule has 0 bridgehead atoms. The molecule has 0 unspecified atom stereocenters. The summed E-state index contributed by atoms with van der Waals surface area (Å²) >= 11 is 0. The normalized spacial score (nSPS) is 10.7. The Morgan fingerprint density at radius 1 is 1.04 bits per heavy atom. The number of benzene rings is 2. The fourth-order valence-electron chi connectivity index (χ4n) is 2.27. The molecule has 0 radical (unpaired) electrons. The van der Waals surface area contributed by atoms with Gasteiger partial charge in [0.2, 0.25) is 0 Å². The van der Waals surface area contributed by atoms with Gasteiger partial charge < -0.3 is 0 Å². The van der Waals surface area contributed by atoms with E-state index in [2.05, 4.69) is 10.3 Å². The summed E-state index contributed by atoms with van der Waals surface area (Å²) in [6.45, 7) is 0.132. The minimum Gasteiger partial charge on any atom is -0.296 e. The van der Waals surface area contributed by atoms with Crippen LogP contribution in [0.15, 0.2) is 42.5 Å². The molecule has 4 nitrogen and oxygen atoms in total. The van der Waals surface area contributed by atoms with Crippen LogP contribution in [0, 0.1) is 17.5 Å². The standard InChI is InChI=1S/C16H10F3N3O/c17-12-3-1-2-10(6-12)8-22-16(15(9-23)20-21-22)11-4-5-13(18)14(19)7-11/h1-7,9H,8H2. The summed E-state index contributed by atoms with van der Waals surface area (Å²) in [5.74, 6) is -2.45. The van der Waals surface area contributed by atoms with E-state index >= 15 is 0 Å². The number of aromatic nitrogens is 3. The lowest BCUT2D eigenvalue weighted by Crippen LogP contribution is -2.05. The molecule has 2 aromatic carbocycles. The monoisotopic (exact) mass is 317 g/mol. The van der Waals surface area contributed by atoms with Gasteiger partial charge in [0.15, 0.2) is 23.6 Å². The highest BCUT2D eigenvalue weighted by molar-refractivity contribution is 5.83. The van der Waals surface area contributed by atoms with E-state index in [0.717, 1.165) is 12.1 Å². The van der Waals surface area contributed by atoms with Crippen molar-refractivity contribution < 1.29 is 18.0 Å². The second-order valence-electron chi connectivity index (χ2n) is 4.86. The highest BCUT2D eigenvalue weighted by Gasteiger charge is 2.16. The number of hydrogen-bond acceptors (Lipinski definition) is 3. The maximum absolute atomic E-state index is 13.5. The predicted molar refractivity (Wildman–Crippen MR) is 76.3 cm³/mol. The van der Waals surface area contributed by atoms with Gasteiger partial charge in [0.25, 0.3) is 0 Å². The molecule has 0 fully saturated rings. The fraction of sp³-hybridized carbons (Fsp3) is 0.0625. The van der Waals surface area contributed by atoms with E-state index in [9.17, 15) is 18.0 Å². The Bertz CT molecular complexity index is 877. The van der Waals surface area contributed by atoms with Gasteiger partial charge in [-0.2, -0.15) is 0 Å². The zero-order valence-electron chi connectivity index (χ0n) is 11.7. The molecule has 1 aromatic heterocycles. The van der Waals surface area contributed by atoms with Gasteiger partial charge in [-0.25, -0.2) is 17.9 Å². The molecule has 0 N–H and O–H groups in total. The first kappa shape index (κ1) is 15.0. The Balaban J connectivity index is 2.06. The first-order valence-electron chi connectivity index (χ1n) is 6.67. The van der Waals surface area contributed by atoms with E-state index in [-0.39, 0.29) is 23.5 Å². The van der Waals surface area contributed by atoms with Crippen LogP contribution in [0.5, 0.6) is 0 Å². The Kier molecular flexibility index (Phi) is 3.92. The summed E-state index contributed by atoms with van der Waals surface area (Å²) in [5.41, 5.74) is 1.08. The number of rotatable bonds is 4. The van der Waals surface area contributed by atoms with E-state index in [4.69, 9.17) is 0 Å². The van der Waals surface area contributed by atoms with Gasteiger partial charge in [-0.15, -0.1) is 5.10 Å². The van der Waals surface area contributed by atoms with Gasteiger partial charge >= 0.3 is 0 Å². The molecule has 116 valence electrons. The van der Waals surface area contributed by atoms with Crippen molar-refractivity contribution in [1.82, 2.24) is 15.0 Å². The summed E-state index contributed by atoms with van der Waals surface area (Å²) in [4.78, 5) is 11.1. The van der Waals surface area contributed by atoms with Crippen LogP contribution >= 0.6 is 0 Å². The first-order chi connectivity index (χ1) is 11.1. The molecule has 7 heteroatoms. The lowest BCUT2D eigenvalue weighted by atomic mass is 10.1. The first-order valence-corrected chi connectivity index (χ1v) is 6.67. The second kappa shape index (κ2) is 6.04. The van der Waals surface area contributed by atoms with Crippen LogP contribution in [0.3, 0.4) is 0 Å². The lowest BCUT2D eigenvalue weighted by Gasteiger charge is -2.08. The van der Waals surface area contributed by atoms with Crippen LogP contribution in [-0.4, -0.2) is 21.3 Å². The van der Waals surface area contributed by atoms with Crippen molar-refractivity contribution in [3.8, 4) is 11.3 Å². The van der Waals surface area contributed by atoms with Gasteiger partial charge in [-0.05, 0) is 35.9 Å². The zero-order valence-corrected chi connectivity index (χ0v) is 11.7. The van der Waals surface area contributed by atoms with Gasteiger partial charge in [0.05, 0.1) is 12.2 Å². The van der Waals surface area contributed by atoms with Gasteiger partial charge in [-0.1, -0.05) is 17.3 Å². The van der Waals surface area contributed by atoms with E-state index in [1.807, 2.05) is 0 Å². The molecule has 0 atom stereocenters. The van der Waals surface area contributed by atoms with Gasteiger partial charge in [0.1, 0.15) is 5.82 Å². The minimum atomic E-state index is -1.04. The zero-order chi connectivity index (χ0) is 16.4. The predicted octanol–water partition coefficient (Wildman–Crippen LogP) is 3.22. The highest BCUT2D eigenvalue weighted by atomic mass is 19.2. The number of carbonyl (C=O) groups is 1. The van der Waals surface area contributed by atoms with Gasteiger partial charge in [-0.3, -0.25) is 4.79 Å². The van der Waals surface area contributed by atoms with Crippen molar-refractivity contribution in [2.24, 2.45) is 0 Å². The van der Waals surface area contributed by atoms with Crippen LogP contribution in [0.1, 0.15) is 16.1 Å². The SMILES string of the molecule is O=Cc1nnn(Cc2cccc(F)c2)c1-c1ccc(F)c(F)c1. The van der Waals surface area contributed by atoms with E-state index < -0.39 is 17.5 Å². The van der Waals surface area contributed by atoms with Crippen LogP contribution < -0.4 is 0 Å². The van der Waals surface area contributed by atoms with Crippen molar-refractivity contribution in [1.29, 1.82) is 0 Å². The Labute approximate surface area is 129 Å². The third-order valence-corrected chi connectivity index (χ3v) is 3.29. The summed E-state index contributed by atoms with van der Waals surface area (Å²) in [6.07, 6.45) is 0.478. The fourth-order valence-corrected chi connectivity index (χ4v) is 2.27. The van der Waals surface area contributed by atoms with Crippen LogP contribution in [0.2, 0.25) is 0 Å². The van der Waals surface area contributed by atoms with Crippen molar-refractivity contribution in [2.45, 2.75) is 6.54 Å². The molecule has 23 heavy (non-hydrogen) atoms. The molecular weight excluding hydrogens is 307 g/mol. The van der Waals surface area contributed by atoms with Crippen molar-refractivity contribution in [3.05, 3.63) is 71.2 Å². The molecule has 0 saturated heterocycles. The van der Waals surface area contributed by atoms with Crippen LogP contribution in [-0.2, 0) is 6.54 Å². The highest BCUT2D eigenvalue weighted by Crippen LogP contribution is 2.24. The maximum Gasteiger partial charge on any atom is 0.172 e. The number of carbonyl (C=O) groups excluding carboxylic acids is 1. The molecule has 1 heterocycles. The minimum absolute atomic E-state index is 0.00703. The molecule has 0 aliphatic heterocycles. The number of aldehydes is 1. The molecule has 0 aliphatic carbocycles. The van der Waals surface area contributed by atoms with Crippen molar-refractivity contribution in [3.63, 3.8) is 0 Å². The largest absolute Gasteiger partial charge is 0.296 e. The smallest absolute Gasteiger partial charge is 0.172 e. The summed E-state index contributed by atoms with van der Waals surface area (Å²) in [6, 6.07) is 9.09. The lowest BCUT2D eigenvalue weighted by molar-refractivity contribution is 0.111. The number of halogens is 3. The summed E-state index contributed by atoms with van der Waals surface area (Å²) < 4.78 is 41.2. The maximum atomic E-state index is 13.5. The Hall–Kier alpha value is -2.96. The summed E-state index contributed by atoms with van der Waals surface area (Å²) in [5, 5.41) is 7.55. The number of hydrogen-bond donors (Lipinski definition) is 0. The average molecular weight is 317 g/mol. The molecule has 3 rings (SSSR count). The molecule has 0 amide bonds. The van der Waals surface area contributed by atoms with Crippen molar-refractivity contribution in [2.75, 3.05) is 0 Å². The Morgan fingerprint density at radius 3 is 2.57 bits per heavy atom. The third kappa shape index (κ3) is 2.98. The topological polar surface area (TPSA) is 47.8 Å². The quantitative estimate of drug-likeness (QED) is 0.694. The van der Waals surface area contributed by atoms with E-state index in [1.54, 1.807) is 12.1 Å². The van der Waals surface area contributed by atoms with Crippen molar-refractivity contribution >= 4 is 6.29 Å². The summed E-state index contributed by atoms with van der Waals surface area (Å²) in [7, 11) is 0.